The number of thiocarbonyl (C=S) groups is 1. The Balaban J connectivity index is 3.71. The van der Waals surface area contributed by atoms with E-state index in [0.29, 0.717) is 17.8 Å². The van der Waals surface area contributed by atoms with Crippen LogP contribution in [0.1, 0.15) is 26.7 Å². The SMILES string of the molecule is COC(C)CCC(=O)NC(C)C(N)=S. The van der Waals surface area contributed by atoms with Gasteiger partial charge in [0.25, 0.3) is 0 Å². The molecule has 3 N–H and O–H groups in total. The number of rotatable bonds is 6. The van der Waals surface area contributed by atoms with Gasteiger partial charge in [-0.2, -0.15) is 0 Å². The first-order valence-corrected chi connectivity index (χ1v) is 4.99. The van der Waals surface area contributed by atoms with E-state index in [1.165, 1.54) is 0 Å². The summed E-state index contributed by atoms with van der Waals surface area (Å²) in [6.07, 6.45) is 1.23. The number of ether oxygens (including phenoxy) is 1. The zero-order chi connectivity index (χ0) is 11.1. The highest BCUT2D eigenvalue weighted by molar-refractivity contribution is 7.80. The van der Waals surface area contributed by atoms with E-state index < -0.39 is 0 Å². The van der Waals surface area contributed by atoms with Gasteiger partial charge >= 0.3 is 0 Å². The first-order chi connectivity index (χ1) is 6.47. The maximum absolute atomic E-state index is 11.3. The van der Waals surface area contributed by atoms with Gasteiger partial charge in [-0.05, 0) is 20.3 Å². The Hall–Kier alpha value is -0.680. The summed E-state index contributed by atoms with van der Waals surface area (Å²) in [7, 11) is 1.63. The Kier molecular flexibility index (Phi) is 6.40. The standard InChI is InChI=1S/C9H18N2O2S/c1-6(13-3)4-5-8(12)11-7(2)9(10)14/h6-7H,4-5H2,1-3H3,(H2,10,14)(H,11,12). The van der Waals surface area contributed by atoms with Gasteiger partial charge in [-0.25, -0.2) is 0 Å². The predicted octanol–water partition coefficient (Wildman–Crippen LogP) is 0.592. The van der Waals surface area contributed by atoms with E-state index in [2.05, 4.69) is 5.32 Å². The highest BCUT2D eigenvalue weighted by Crippen LogP contribution is 1.99. The van der Waals surface area contributed by atoms with Gasteiger partial charge in [0.2, 0.25) is 5.91 Å². The minimum Gasteiger partial charge on any atom is -0.392 e. The molecule has 0 aliphatic rings. The number of hydrogen-bond acceptors (Lipinski definition) is 3. The van der Waals surface area contributed by atoms with Crippen molar-refractivity contribution in [3.63, 3.8) is 0 Å². The van der Waals surface area contributed by atoms with Crippen LogP contribution in [0.2, 0.25) is 0 Å². The van der Waals surface area contributed by atoms with Crippen LogP contribution in [0.25, 0.3) is 0 Å². The molecule has 2 unspecified atom stereocenters. The molecule has 0 aliphatic carbocycles. The Morgan fingerprint density at radius 2 is 2.14 bits per heavy atom. The molecule has 5 heteroatoms. The van der Waals surface area contributed by atoms with Crippen LogP contribution in [0.15, 0.2) is 0 Å². The van der Waals surface area contributed by atoms with E-state index in [1.807, 2.05) is 6.92 Å². The molecule has 0 saturated heterocycles. The maximum Gasteiger partial charge on any atom is 0.220 e. The molecule has 14 heavy (non-hydrogen) atoms. The van der Waals surface area contributed by atoms with Crippen molar-refractivity contribution >= 4 is 23.1 Å². The lowest BCUT2D eigenvalue weighted by molar-refractivity contribution is -0.121. The lowest BCUT2D eigenvalue weighted by Crippen LogP contribution is -2.41. The lowest BCUT2D eigenvalue weighted by Gasteiger charge is -2.13. The Bertz CT molecular complexity index is 209. The van der Waals surface area contributed by atoms with Crippen molar-refractivity contribution in [2.45, 2.75) is 38.8 Å². The largest absolute Gasteiger partial charge is 0.392 e. The molecule has 0 aromatic heterocycles. The Morgan fingerprint density at radius 3 is 2.57 bits per heavy atom. The summed E-state index contributed by atoms with van der Waals surface area (Å²) in [4.78, 5) is 11.6. The fourth-order valence-electron chi connectivity index (χ4n) is 0.837. The van der Waals surface area contributed by atoms with E-state index in [1.54, 1.807) is 14.0 Å². The maximum atomic E-state index is 11.3. The molecule has 0 aliphatic heterocycles. The molecule has 0 aromatic rings. The van der Waals surface area contributed by atoms with Crippen molar-refractivity contribution in [1.82, 2.24) is 5.32 Å². The molecule has 0 fully saturated rings. The van der Waals surface area contributed by atoms with Crippen LogP contribution in [0.3, 0.4) is 0 Å². The zero-order valence-electron chi connectivity index (χ0n) is 8.87. The van der Waals surface area contributed by atoms with Gasteiger partial charge in [-0.3, -0.25) is 4.79 Å². The predicted molar refractivity (Wildman–Crippen MR) is 60.1 cm³/mol. The van der Waals surface area contributed by atoms with Gasteiger partial charge in [-0.1, -0.05) is 12.2 Å². The summed E-state index contributed by atoms with van der Waals surface area (Å²) >= 11 is 4.73. The third-order valence-electron chi connectivity index (χ3n) is 1.98. The van der Waals surface area contributed by atoms with Crippen LogP contribution in [-0.2, 0) is 9.53 Å². The number of hydrogen-bond donors (Lipinski definition) is 2. The van der Waals surface area contributed by atoms with Crippen molar-refractivity contribution in [2.24, 2.45) is 5.73 Å². The molecular weight excluding hydrogens is 200 g/mol. The van der Waals surface area contributed by atoms with Crippen LogP contribution in [0.5, 0.6) is 0 Å². The molecule has 0 spiro atoms. The first-order valence-electron chi connectivity index (χ1n) is 4.58. The third-order valence-corrected chi connectivity index (χ3v) is 2.34. The van der Waals surface area contributed by atoms with Crippen molar-refractivity contribution in [3.05, 3.63) is 0 Å². The summed E-state index contributed by atoms with van der Waals surface area (Å²) in [5.74, 6) is -0.0470. The highest BCUT2D eigenvalue weighted by Gasteiger charge is 2.10. The molecule has 0 bridgehead atoms. The van der Waals surface area contributed by atoms with Crippen LogP contribution in [0, 0.1) is 0 Å². The molecule has 2 atom stereocenters. The Morgan fingerprint density at radius 1 is 1.57 bits per heavy atom. The second kappa shape index (κ2) is 6.73. The van der Waals surface area contributed by atoms with Crippen molar-refractivity contribution < 1.29 is 9.53 Å². The summed E-state index contributed by atoms with van der Waals surface area (Å²) in [5, 5.41) is 2.70. The number of amides is 1. The van der Waals surface area contributed by atoms with Gasteiger partial charge in [0.15, 0.2) is 0 Å². The quantitative estimate of drug-likeness (QED) is 0.641. The van der Waals surface area contributed by atoms with Gasteiger partial charge in [-0.15, -0.1) is 0 Å². The molecule has 0 rings (SSSR count). The molecule has 82 valence electrons. The van der Waals surface area contributed by atoms with E-state index in [-0.39, 0.29) is 18.1 Å². The molecule has 0 radical (unpaired) electrons. The molecule has 4 nitrogen and oxygen atoms in total. The molecule has 0 saturated carbocycles. The van der Waals surface area contributed by atoms with E-state index in [4.69, 9.17) is 22.7 Å². The van der Waals surface area contributed by atoms with Crippen molar-refractivity contribution in [1.29, 1.82) is 0 Å². The normalized spacial score (nSPS) is 14.5. The Labute approximate surface area is 90.2 Å². The number of carbonyl (C=O) groups excluding carboxylic acids is 1. The van der Waals surface area contributed by atoms with Crippen LogP contribution < -0.4 is 11.1 Å². The summed E-state index contributed by atoms with van der Waals surface area (Å²) in [6.45, 7) is 3.68. The fraction of sp³-hybridized carbons (Fsp3) is 0.778. The highest BCUT2D eigenvalue weighted by atomic mass is 32.1. The summed E-state index contributed by atoms with van der Waals surface area (Å²) in [6, 6.07) is -0.240. The summed E-state index contributed by atoms with van der Waals surface area (Å²) in [5.41, 5.74) is 5.36. The van der Waals surface area contributed by atoms with Crippen molar-refractivity contribution in [2.75, 3.05) is 7.11 Å². The number of methoxy groups -OCH3 is 1. The monoisotopic (exact) mass is 218 g/mol. The van der Waals surface area contributed by atoms with E-state index >= 15 is 0 Å². The third kappa shape index (κ3) is 5.88. The van der Waals surface area contributed by atoms with Crippen LogP contribution in [-0.4, -0.2) is 30.2 Å². The molecule has 1 amide bonds. The number of nitrogens with one attached hydrogen (secondary N) is 1. The van der Waals surface area contributed by atoms with E-state index in [0.717, 1.165) is 0 Å². The van der Waals surface area contributed by atoms with E-state index in [9.17, 15) is 4.79 Å². The van der Waals surface area contributed by atoms with Crippen LogP contribution in [0.4, 0.5) is 0 Å². The van der Waals surface area contributed by atoms with Crippen LogP contribution >= 0.6 is 12.2 Å². The minimum absolute atomic E-state index is 0.0470. The van der Waals surface area contributed by atoms with Crippen molar-refractivity contribution in [3.8, 4) is 0 Å². The number of carbonyl (C=O) groups is 1. The van der Waals surface area contributed by atoms with Gasteiger partial charge in [0, 0.05) is 13.5 Å². The molecular formula is C9H18N2O2S. The smallest absolute Gasteiger partial charge is 0.220 e. The second-order valence-corrected chi connectivity index (χ2v) is 3.75. The van der Waals surface area contributed by atoms with Gasteiger partial charge in [0.05, 0.1) is 17.1 Å². The van der Waals surface area contributed by atoms with Gasteiger partial charge < -0.3 is 15.8 Å². The fourth-order valence-corrected chi connectivity index (χ4v) is 0.896. The number of nitrogens with two attached hydrogens (primary N) is 1. The topological polar surface area (TPSA) is 64.3 Å². The molecule has 0 aromatic carbocycles. The lowest BCUT2D eigenvalue weighted by atomic mass is 10.2. The first kappa shape index (κ1) is 13.3. The zero-order valence-corrected chi connectivity index (χ0v) is 9.69. The minimum atomic E-state index is -0.240. The molecule has 0 heterocycles. The second-order valence-electron chi connectivity index (χ2n) is 3.28. The average molecular weight is 218 g/mol. The average Bonchev–Trinajstić information content (AvgIpc) is 2.13. The van der Waals surface area contributed by atoms with Gasteiger partial charge in [0.1, 0.15) is 0 Å². The summed E-state index contributed by atoms with van der Waals surface area (Å²) < 4.78 is 5.02.